The number of carboxylic acids is 1. The third-order valence-corrected chi connectivity index (χ3v) is 3.25. The Kier molecular flexibility index (Phi) is 5.68. The summed E-state index contributed by atoms with van der Waals surface area (Å²) in [5, 5.41) is 14.4. The third-order valence-electron chi connectivity index (χ3n) is 3.25. The van der Waals surface area contributed by atoms with Crippen molar-refractivity contribution in [1.82, 2.24) is 0 Å². The minimum absolute atomic E-state index is 0.0447. The second-order valence-corrected chi connectivity index (χ2v) is 5.22. The predicted octanol–water partition coefficient (Wildman–Crippen LogP) is 3.38. The lowest BCUT2D eigenvalue weighted by atomic mass is 10.1. The van der Waals surface area contributed by atoms with E-state index in [0.29, 0.717) is 17.8 Å². The molecule has 124 valence electrons. The van der Waals surface area contributed by atoms with Gasteiger partial charge in [-0.2, -0.15) is 0 Å². The lowest BCUT2D eigenvalue weighted by Crippen LogP contribution is -2.14. The van der Waals surface area contributed by atoms with Gasteiger partial charge in [0.05, 0.1) is 5.56 Å². The minimum Gasteiger partial charge on any atom is -0.478 e. The first-order chi connectivity index (χ1) is 11.5. The largest absolute Gasteiger partial charge is 0.478 e. The van der Waals surface area contributed by atoms with Crippen LogP contribution in [0.15, 0.2) is 48.5 Å². The monoisotopic (exact) mass is 326 g/mol. The van der Waals surface area contributed by atoms with Crippen LogP contribution in [0.25, 0.3) is 0 Å². The molecule has 0 saturated carbocycles. The van der Waals surface area contributed by atoms with Crippen molar-refractivity contribution in [2.75, 3.05) is 10.6 Å². The molecule has 0 atom stereocenters. The van der Waals surface area contributed by atoms with Crippen LogP contribution in [0.1, 0.15) is 40.5 Å². The Morgan fingerprint density at radius 1 is 0.917 bits per heavy atom. The topological polar surface area (TPSA) is 95.5 Å². The van der Waals surface area contributed by atoms with E-state index in [1.807, 2.05) is 6.92 Å². The summed E-state index contributed by atoms with van der Waals surface area (Å²) < 4.78 is 0. The fraction of sp³-hybridized carbons (Fsp3) is 0.167. The maximum atomic E-state index is 12.2. The molecular weight excluding hydrogens is 308 g/mol. The van der Waals surface area contributed by atoms with Crippen LogP contribution in [-0.4, -0.2) is 22.9 Å². The molecule has 0 saturated heterocycles. The van der Waals surface area contributed by atoms with Crippen molar-refractivity contribution in [1.29, 1.82) is 0 Å². The van der Waals surface area contributed by atoms with Gasteiger partial charge in [0, 0.05) is 23.4 Å². The number of amides is 2. The molecule has 0 spiro atoms. The van der Waals surface area contributed by atoms with E-state index in [2.05, 4.69) is 10.6 Å². The fourth-order valence-corrected chi connectivity index (χ4v) is 2.12. The number of carbonyl (C=O) groups excluding carboxylic acids is 2. The molecule has 2 aromatic rings. The number of benzene rings is 2. The summed E-state index contributed by atoms with van der Waals surface area (Å²) >= 11 is 0. The van der Waals surface area contributed by atoms with Gasteiger partial charge in [-0.25, -0.2) is 4.79 Å². The zero-order valence-corrected chi connectivity index (χ0v) is 13.2. The van der Waals surface area contributed by atoms with Crippen molar-refractivity contribution >= 4 is 29.2 Å². The highest BCUT2D eigenvalue weighted by molar-refractivity contribution is 6.06. The second-order valence-electron chi connectivity index (χ2n) is 5.22. The van der Waals surface area contributed by atoms with Crippen molar-refractivity contribution in [2.45, 2.75) is 19.8 Å². The normalized spacial score (nSPS) is 10.0. The number of aromatic carboxylic acids is 1. The number of carbonyl (C=O) groups is 3. The summed E-state index contributed by atoms with van der Waals surface area (Å²) in [6.07, 6.45) is 1.18. The number of carboxylic acid groups (broad SMARTS) is 1. The lowest BCUT2D eigenvalue weighted by Gasteiger charge is -2.09. The van der Waals surface area contributed by atoms with E-state index in [4.69, 9.17) is 5.11 Å². The van der Waals surface area contributed by atoms with Gasteiger partial charge in [-0.1, -0.05) is 19.1 Å². The molecule has 24 heavy (non-hydrogen) atoms. The van der Waals surface area contributed by atoms with Crippen molar-refractivity contribution in [3.05, 3.63) is 59.7 Å². The van der Waals surface area contributed by atoms with Gasteiger partial charge in [0.2, 0.25) is 5.91 Å². The van der Waals surface area contributed by atoms with E-state index in [0.717, 1.165) is 6.42 Å². The predicted molar refractivity (Wildman–Crippen MR) is 91.3 cm³/mol. The highest BCUT2D eigenvalue weighted by Gasteiger charge is 2.10. The number of nitrogens with one attached hydrogen (secondary N) is 2. The van der Waals surface area contributed by atoms with Gasteiger partial charge < -0.3 is 15.7 Å². The molecule has 2 aromatic carbocycles. The van der Waals surface area contributed by atoms with Crippen LogP contribution >= 0.6 is 0 Å². The fourth-order valence-electron chi connectivity index (χ4n) is 2.12. The van der Waals surface area contributed by atoms with Gasteiger partial charge in [0.15, 0.2) is 0 Å². The maximum absolute atomic E-state index is 12.2. The molecule has 3 N–H and O–H groups in total. The van der Waals surface area contributed by atoms with Gasteiger partial charge in [-0.05, 0) is 42.8 Å². The first-order valence-electron chi connectivity index (χ1n) is 7.54. The number of hydrogen-bond donors (Lipinski definition) is 3. The number of rotatable bonds is 6. The van der Waals surface area contributed by atoms with Crippen LogP contribution in [0.5, 0.6) is 0 Å². The van der Waals surface area contributed by atoms with Crippen molar-refractivity contribution in [2.24, 2.45) is 0 Å². The van der Waals surface area contributed by atoms with Gasteiger partial charge in [-0.15, -0.1) is 0 Å². The Labute approximate surface area is 139 Å². The molecule has 0 fully saturated rings. The molecular formula is C18H18N2O4. The summed E-state index contributed by atoms with van der Waals surface area (Å²) in [7, 11) is 0. The van der Waals surface area contributed by atoms with Crippen molar-refractivity contribution in [3.63, 3.8) is 0 Å². The van der Waals surface area contributed by atoms with E-state index >= 15 is 0 Å². The van der Waals surface area contributed by atoms with Crippen molar-refractivity contribution in [3.8, 4) is 0 Å². The first kappa shape index (κ1) is 17.2. The van der Waals surface area contributed by atoms with Crippen LogP contribution in [0.2, 0.25) is 0 Å². The molecule has 0 aliphatic carbocycles. The van der Waals surface area contributed by atoms with Crippen LogP contribution in [0.4, 0.5) is 11.4 Å². The molecule has 2 amide bonds. The molecule has 6 nitrogen and oxygen atoms in total. The molecule has 0 aliphatic rings. The van der Waals surface area contributed by atoms with E-state index in [9.17, 15) is 14.4 Å². The lowest BCUT2D eigenvalue weighted by molar-refractivity contribution is -0.116. The van der Waals surface area contributed by atoms with Crippen LogP contribution in [0, 0.1) is 0 Å². The van der Waals surface area contributed by atoms with Crippen molar-refractivity contribution < 1.29 is 19.5 Å². The average molecular weight is 326 g/mol. The van der Waals surface area contributed by atoms with E-state index in [1.54, 1.807) is 24.3 Å². The SMILES string of the molecule is CCCC(=O)Nc1cccc(NC(=O)c2cccc(C(=O)O)c2)c1. The molecule has 0 bridgehead atoms. The molecule has 0 aliphatic heterocycles. The summed E-state index contributed by atoms with van der Waals surface area (Å²) in [4.78, 5) is 34.8. The number of anilines is 2. The summed E-state index contributed by atoms with van der Waals surface area (Å²) in [6.45, 7) is 1.92. The molecule has 0 aromatic heterocycles. The van der Waals surface area contributed by atoms with E-state index in [1.165, 1.54) is 24.3 Å². The van der Waals surface area contributed by atoms with Gasteiger partial charge in [0.1, 0.15) is 0 Å². The minimum atomic E-state index is -1.09. The average Bonchev–Trinajstić information content (AvgIpc) is 2.55. The first-order valence-corrected chi connectivity index (χ1v) is 7.54. The molecule has 6 heteroatoms. The van der Waals surface area contributed by atoms with Gasteiger partial charge in [0.25, 0.3) is 5.91 Å². The van der Waals surface area contributed by atoms with Crippen LogP contribution in [0.3, 0.4) is 0 Å². The Morgan fingerprint density at radius 3 is 2.21 bits per heavy atom. The zero-order valence-electron chi connectivity index (χ0n) is 13.2. The number of hydrogen-bond acceptors (Lipinski definition) is 3. The Morgan fingerprint density at radius 2 is 1.54 bits per heavy atom. The third kappa shape index (κ3) is 4.67. The zero-order chi connectivity index (χ0) is 17.5. The van der Waals surface area contributed by atoms with Gasteiger partial charge >= 0.3 is 5.97 Å². The summed E-state index contributed by atoms with van der Waals surface area (Å²) in [5.41, 5.74) is 1.39. The summed E-state index contributed by atoms with van der Waals surface area (Å²) in [6, 6.07) is 12.6. The van der Waals surface area contributed by atoms with E-state index in [-0.39, 0.29) is 17.0 Å². The molecule has 0 heterocycles. The Balaban J connectivity index is 2.10. The Hall–Kier alpha value is -3.15. The van der Waals surface area contributed by atoms with Crippen LogP contribution in [-0.2, 0) is 4.79 Å². The quantitative estimate of drug-likeness (QED) is 0.758. The maximum Gasteiger partial charge on any atom is 0.335 e. The highest BCUT2D eigenvalue weighted by atomic mass is 16.4. The highest BCUT2D eigenvalue weighted by Crippen LogP contribution is 2.17. The molecule has 2 rings (SSSR count). The molecule has 0 radical (unpaired) electrons. The Bertz CT molecular complexity index is 771. The van der Waals surface area contributed by atoms with Gasteiger partial charge in [-0.3, -0.25) is 9.59 Å². The summed E-state index contributed by atoms with van der Waals surface area (Å²) in [5.74, 6) is -1.60. The second kappa shape index (κ2) is 7.92. The van der Waals surface area contributed by atoms with E-state index < -0.39 is 11.9 Å². The molecule has 0 unspecified atom stereocenters. The standard InChI is InChI=1S/C18H18N2O4/c1-2-5-16(21)19-14-8-4-9-15(11-14)20-17(22)12-6-3-7-13(10-12)18(23)24/h3-4,6-11H,2,5H2,1H3,(H,19,21)(H,20,22)(H,23,24). The van der Waals surface area contributed by atoms with Crippen LogP contribution < -0.4 is 10.6 Å². The smallest absolute Gasteiger partial charge is 0.335 e.